The first kappa shape index (κ1) is 14.1. The normalized spacial score (nSPS) is 17.7. The van der Waals surface area contributed by atoms with Crippen molar-refractivity contribution in [3.8, 4) is 0 Å². The van der Waals surface area contributed by atoms with E-state index in [1.807, 2.05) is 6.07 Å². The van der Waals surface area contributed by atoms with Crippen molar-refractivity contribution >= 4 is 11.4 Å². The van der Waals surface area contributed by atoms with Gasteiger partial charge in [0.2, 0.25) is 0 Å². The van der Waals surface area contributed by atoms with E-state index in [0.717, 1.165) is 38.2 Å². The molecule has 1 fully saturated rings. The minimum absolute atomic E-state index is 0.226. The highest BCUT2D eigenvalue weighted by Crippen LogP contribution is 2.29. The fourth-order valence-corrected chi connectivity index (χ4v) is 2.81. The van der Waals surface area contributed by atoms with Crippen LogP contribution in [0.4, 0.5) is 15.8 Å². The molecule has 0 aromatic heterocycles. The Balaban J connectivity index is 2.12. The number of hydrogen-bond donors (Lipinski definition) is 1. The van der Waals surface area contributed by atoms with Crippen LogP contribution in [0.3, 0.4) is 0 Å². The average molecular weight is 265 g/mol. The number of nitrogens with zero attached hydrogens (tertiary/aromatic N) is 2. The maximum absolute atomic E-state index is 13.5. The predicted molar refractivity (Wildman–Crippen MR) is 79.1 cm³/mol. The number of hydrogen-bond acceptors (Lipinski definition) is 3. The topological polar surface area (TPSA) is 32.5 Å². The lowest BCUT2D eigenvalue weighted by molar-refractivity contribution is 0.221. The molecule has 0 bridgehead atoms. The molecule has 106 valence electrons. The predicted octanol–water partition coefficient (Wildman–Crippen LogP) is 2.64. The highest BCUT2D eigenvalue weighted by molar-refractivity contribution is 5.68. The number of nitrogens with two attached hydrogens (primary N) is 1. The zero-order valence-corrected chi connectivity index (χ0v) is 12.1. The van der Waals surface area contributed by atoms with E-state index in [4.69, 9.17) is 5.73 Å². The van der Waals surface area contributed by atoms with Crippen molar-refractivity contribution in [1.29, 1.82) is 0 Å². The smallest absolute Gasteiger partial charge is 0.128 e. The van der Waals surface area contributed by atoms with Gasteiger partial charge >= 0.3 is 0 Å². The lowest BCUT2D eigenvalue weighted by Crippen LogP contribution is -2.43. The van der Waals surface area contributed by atoms with E-state index in [1.54, 1.807) is 6.92 Å². The summed E-state index contributed by atoms with van der Waals surface area (Å²) in [5.41, 5.74) is 8.10. The lowest BCUT2D eigenvalue weighted by Gasteiger charge is -2.38. The van der Waals surface area contributed by atoms with E-state index >= 15 is 0 Å². The van der Waals surface area contributed by atoms with Gasteiger partial charge in [0.15, 0.2) is 0 Å². The minimum Gasteiger partial charge on any atom is -0.397 e. The highest BCUT2D eigenvalue weighted by atomic mass is 19.1. The van der Waals surface area contributed by atoms with Crippen molar-refractivity contribution in [2.75, 3.05) is 37.3 Å². The minimum atomic E-state index is -0.226. The van der Waals surface area contributed by atoms with Gasteiger partial charge in [-0.2, -0.15) is 0 Å². The van der Waals surface area contributed by atoms with Gasteiger partial charge in [0, 0.05) is 26.2 Å². The second-order valence-corrected chi connectivity index (χ2v) is 5.44. The molecular formula is C15H24FN3. The summed E-state index contributed by atoms with van der Waals surface area (Å²) in [6, 6.07) is 3.79. The summed E-state index contributed by atoms with van der Waals surface area (Å²) < 4.78 is 13.5. The summed E-state index contributed by atoms with van der Waals surface area (Å²) in [4.78, 5) is 4.68. The molecule has 3 nitrogen and oxygen atoms in total. The molecule has 0 spiro atoms. The van der Waals surface area contributed by atoms with E-state index < -0.39 is 0 Å². The van der Waals surface area contributed by atoms with E-state index in [2.05, 4.69) is 23.8 Å². The molecule has 2 N–H and O–H groups in total. The quantitative estimate of drug-likeness (QED) is 0.853. The van der Waals surface area contributed by atoms with E-state index in [-0.39, 0.29) is 5.82 Å². The molecule has 0 radical (unpaired) electrons. The average Bonchev–Trinajstić information content (AvgIpc) is 2.42. The third-order valence-electron chi connectivity index (χ3n) is 4.24. The van der Waals surface area contributed by atoms with Crippen LogP contribution < -0.4 is 10.6 Å². The number of halogens is 1. The highest BCUT2D eigenvalue weighted by Gasteiger charge is 2.23. The Morgan fingerprint density at radius 1 is 1.37 bits per heavy atom. The van der Waals surface area contributed by atoms with Crippen LogP contribution in [0.2, 0.25) is 0 Å². The molecule has 1 aromatic rings. The summed E-state index contributed by atoms with van der Waals surface area (Å²) in [6.45, 7) is 7.36. The van der Waals surface area contributed by atoms with Crippen LogP contribution in [-0.4, -0.2) is 37.6 Å². The van der Waals surface area contributed by atoms with E-state index in [1.165, 1.54) is 6.07 Å². The Morgan fingerprint density at radius 3 is 2.58 bits per heavy atom. The Labute approximate surface area is 115 Å². The molecule has 0 unspecified atom stereocenters. The van der Waals surface area contributed by atoms with Gasteiger partial charge in [0.05, 0.1) is 11.4 Å². The number of likely N-dealkylation sites (tertiary alicyclic amines) is 1. The third kappa shape index (κ3) is 3.00. The molecule has 19 heavy (non-hydrogen) atoms. The van der Waals surface area contributed by atoms with Gasteiger partial charge in [0.25, 0.3) is 0 Å². The number of aryl methyl sites for hydroxylation is 1. The molecule has 1 aromatic carbocycles. The third-order valence-corrected chi connectivity index (χ3v) is 4.24. The first-order valence-electron chi connectivity index (χ1n) is 7.03. The van der Waals surface area contributed by atoms with Crippen LogP contribution in [0.25, 0.3) is 0 Å². The molecule has 1 aliphatic heterocycles. The van der Waals surface area contributed by atoms with Gasteiger partial charge < -0.3 is 15.5 Å². The van der Waals surface area contributed by atoms with Crippen molar-refractivity contribution in [2.24, 2.45) is 0 Å². The molecule has 1 heterocycles. The first-order valence-corrected chi connectivity index (χ1v) is 7.03. The lowest BCUT2D eigenvalue weighted by atomic mass is 10.0. The standard InChI is InChI=1S/C15H24FN3/c1-4-19-7-5-12(6-8-19)18(3)15-9-11(2)13(16)10-14(15)17/h9-10,12H,4-8,17H2,1-3H3. The van der Waals surface area contributed by atoms with E-state index in [0.29, 0.717) is 17.3 Å². The summed E-state index contributed by atoms with van der Waals surface area (Å²) in [5.74, 6) is -0.226. The van der Waals surface area contributed by atoms with Crippen molar-refractivity contribution in [3.05, 3.63) is 23.5 Å². The molecule has 0 amide bonds. The van der Waals surface area contributed by atoms with Crippen LogP contribution in [0.1, 0.15) is 25.3 Å². The Morgan fingerprint density at radius 2 is 2.00 bits per heavy atom. The largest absolute Gasteiger partial charge is 0.397 e. The summed E-state index contributed by atoms with van der Waals surface area (Å²) in [6.07, 6.45) is 2.28. The molecule has 0 atom stereocenters. The Hall–Kier alpha value is -1.29. The second-order valence-electron chi connectivity index (χ2n) is 5.44. The number of anilines is 2. The number of benzene rings is 1. The molecule has 0 aliphatic carbocycles. The van der Waals surface area contributed by atoms with Gasteiger partial charge in [-0.1, -0.05) is 6.92 Å². The van der Waals surface area contributed by atoms with Crippen LogP contribution >= 0.6 is 0 Å². The fraction of sp³-hybridized carbons (Fsp3) is 0.600. The molecule has 2 rings (SSSR count). The van der Waals surface area contributed by atoms with Crippen LogP contribution in [0.5, 0.6) is 0 Å². The van der Waals surface area contributed by atoms with E-state index in [9.17, 15) is 4.39 Å². The van der Waals surface area contributed by atoms with Crippen molar-refractivity contribution in [2.45, 2.75) is 32.7 Å². The van der Waals surface area contributed by atoms with Crippen molar-refractivity contribution < 1.29 is 4.39 Å². The van der Waals surface area contributed by atoms with Crippen molar-refractivity contribution in [1.82, 2.24) is 4.90 Å². The molecular weight excluding hydrogens is 241 g/mol. The maximum Gasteiger partial charge on any atom is 0.128 e. The van der Waals surface area contributed by atoms with Gasteiger partial charge in [0.1, 0.15) is 5.82 Å². The maximum atomic E-state index is 13.5. The van der Waals surface area contributed by atoms with Crippen LogP contribution in [0.15, 0.2) is 12.1 Å². The second kappa shape index (κ2) is 5.78. The van der Waals surface area contributed by atoms with Crippen LogP contribution in [0, 0.1) is 12.7 Å². The van der Waals surface area contributed by atoms with Crippen molar-refractivity contribution in [3.63, 3.8) is 0 Å². The molecule has 4 heteroatoms. The SMILES string of the molecule is CCN1CCC(N(C)c2cc(C)c(F)cc2N)CC1. The Bertz CT molecular complexity index is 439. The number of rotatable bonds is 3. The number of nitrogen functional groups attached to an aromatic ring is 1. The molecule has 1 saturated heterocycles. The summed E-state index contributed by atoms with van der Waals surface area (Å²) >= 11 is 0. The van der Waals surface area contributed by atoms with Gasteiger partial charge in [-0.25, -0.2) is 4.39 Å². The Kier molecular flexibility index (Phi) is 4.30. The fourth-order valence-electron chi connectivity index (χ4n) is 2.81. The molecule has 1 aliphatic rings. The van der Waals surface area contributed by atoms with Gasteiger partial charge in [-0.15, -0.1) is 0 Å². The summed E-state index contributed by atoms with van der Waals surface area (Å²) in [5, 5.41) is 0. The first-order chi connectivity index (χ1) is 9.02. The van der Waals surface area contributed by atoms with Gasteiger partial charge in [-0.3, -0.25) is 0 Å². The monoisotopic (exact) mass is 265 g/mol. The van der Waals surface area contributed by atoms with Gasteiger partial charge in [-0.05, 0) is 44.0 Å². The zero-order valence-electron chi connectivity index (χ0n) is 12.1. The number of piperidine rings is 1. The molecule has 0 saturated carbocycles. The summed E-state index contributed by atoms with van der Waals surface area (Å²) in [7, 11) is 2.06. The zero-order chi connectivity index (χ0) is 14.0. The van der Waals surface area contributed by atoms with Crippen LogP contribution in [-0.2, 0) is 0 Å².